The van der Waals surface area contributed by atoms with Crippen molar-refractivity contribution in [1.29, 1.82) is 0 Å². The molecule has 0 radical (unpaired) electrons. The van der Waals surface area contributed by atoms with Gasteiger partial charge >= 0.3 is 0 Å². The number of piperazine rings is 1. The molecule has 1 saturated heterocycles. The van der Waals surface area contributed by atoms with E-state index in [1.54, 1.807) is 4.90 Å². The molecule has 1 fully saturated rings. The number of rotatable bonds is 2. The van der Waals surface area contributed by atoms with Crippen molar-refractivity contribution in [2.45, 2.75) is 19.4 Å². The van der Waals surface area contributed by atoms with E-state index in [4.69, 9.17) is 0 Å². The van der Waals surface area contributed by atoms with Crippen LogP contribution in [0.15, 0.2) is 18.2 Å². The van der Waals surface area contributed by atoms with Gasteiger partial charge in [0.1, 0.15) is 0 Å². The summed E-state index contributed by atoms with van der Waals surface area (Å²) in [5.41, 5.74) is 0.117. The molecule has 6 heteroatoms. The molecule has 0 saturated carbocycles. The maximum Gasteiger partial charge on any atom is 0.227 e. The first-order chi connectivity index (χ1) is 8.58. The van der Waals surface area contributed by atoms with E-state index < -0.39 is 11.6 Å². The van der Waals surface area contributed by atoms with Crippen molar-refractivity contribution in [2.75, 3.05) is 19.6 Å². The van der Waals surface area contributed by atoms with Crippen LogP contribution in [-0.4, -0.2) is 36.5 Å². The average molecular weight is 291 g/mol. The molecule has 0 bridgehead atoms. The molecule has 1 unspecified atom stereocenters. The van der Waals surface area contributed by atoms with E-state index >= 15 is 0 Å². The van der Waals surface area contributed by atoms with E-state index in [0.717, 1.165) is 12.6 Å². The standard InChI is InChI=1S/C13H16F2N2O.ClH/c1-9-8-17(6-5-16-9)12(18)7-10-3-2-4-11(14)13(10)15;/h2-4,9,16H,5-8H2,1H3;1H. The third-order valence-electron chi connectivity index (χ3n) is 3.09. The quantitative estimate of drug-likeness (QED) is 0.900. The monoisotopic (exact) mass is 290 g/mol. The molecule has 2 rings (SSSR count). The maximum atomic E-state index is 13.4. The fourth-order valence-corrected chi connectivity index (χ4v) is 2.12. The van der Waals surface area contributed by atoms with Crippen LogP contribution in [0.1, 0.15) is 12.5 Å². The molecule has 0 spiro atoms. The number of hydrogen-bond donors (Lipinski definition) is 1. The van der Waals surface area contributed by atoms with Gasteiger partial charge in [-0.25, -0.2) is 8.78 Å². The predicted molar refractivity (Wildman–Crippen MR) is 71.4 cm³/mol. The van der Waals surface area contributed by atoms with Gasteiger partial charge in [0.2, 0.25) is 5.91 Å². The topological polar surface area (TPSA) is 32.3 Å². The Morgan fingerprint density at radius 3 is 2.89 bits per heavy atom. The molecule has 1 aliphatic rings. The number of carbonyl (C=O) groups excluding carboxylic acids is 1. The van der Waals surface area contributed by atoms with Gasteiger partial charge in [-0.05, 0) is 13.0 Å². The normalized spacial score (nSPS) is 18.9. The van der Waals surface area contributed by atoms with Crippen LogP contribution in [0.25, 0.3) is 0 Å². The van der Waals surface area contributed by atoms with Crippen molar-refractivity contribution in [3.05, 3.63) is 35.4 Å². The van der Waals surface area contributed by atoms with E-state index in [-0.39, 0.29) is 36.3 Å². The second kappa shape index (κ2) is 6.82. The summed E-state index contributed by atoms with van der Waals surface area (Å²) in [5, 5.41) is 3.22. The van der Waals surface area contributed by atoms with E-state index in [1.165, 1.54) is 12.1 Å². The Morgan fingerprint density at radius 2 is 2.21 bits per heavy atom. The summed E-state index contributed by atoms with van der Waals surface area (Å²) < 4.78 is 26.5. The van der Waals surface area contributed by atoms with Crippen molar-refractivity contribution < 1.29 is 13.6 Å². The fraction of sp³-hybridized carbons (Fsp3) is 0.462. The first-order valence-electron chi connectivity index (χ1n) is 6.02. The van der Waals surface area contributed by atoms with Crippen LogP contribution in [-0.2, 0) is 11.2 Å². The molecule has 1 amide bonds. The average Bonchev–Trinajstić information content (AvgIpc) is 2.35. The van der Waals surface area contributed by atoms with E-state index in [1.807, 2.05) is 6.92 Å². The molecule has 0 aromatic heterocycles. The number of nitrogens with zero attached hydrogens (tertiary/aromatic N) is 1. The van der Waals surface area contributed by atoms with Gasteiger partial charge in [-0.1, -0.05) is 12.1 Å². The van der Waals surface area contributed by atoms with E-state index in [2.05, 4.69) is 5.32 Å². The molecular formula is C13H17ClF2N2O. The lowest BCUT2D eigenvalue weighted by Gasteiger charge is -2.32. The minimum atomic E-state index is -0.922. The van der Waals surface area contributed by atoms with Crippen molar-refractivity contribution in [3.8, 4) is 0 Å². The zero-order chi connectivity index (χ0) is 13.1. The SMILES string of the molecule is CC1CN(C(=O)Cc2cccc(F)c2F)CCN1.Cl. The fourth-order valence-electron chi connectivity index (χ4n) is 2.12. The molecule has 1 N–H and O–H groups in total. The van der Waals surface area contributed by atoms with E-state index in [0.29, 0.717) is 13.1 Å². The predicted octanol–water partition coefficient (Wildman–Crippen LogP) is 1.75. The van der Waals surface area contributed by atoms with Crippen LogP contribution in [0, 0.1) is 11.6 Å². The Bertz CT molecular complexity index is 456. The summed E-state index contributed by atoms with van der Waals surface area (Å²) in [4.78, 5) is 13.7. The lowest BCUT2D eigenvalue weighted by molar-refractivity contribution is -0.131. The van der Waals surface area contributed by atoms with Crippen LogP contribution in [0.5, 0.6) is 0 Å². The second-order valence-electron chi connectivity index (χ2n) is 4.58. The highest BCUT2D eigenvalue weighted by molar-refractivity contribution is 5.85. The number of benzene rings is 1. The second-order valence-corrected chi connectivity index (χ2v) is 4.58. The minimum absolute atomic E-state index is 0. The molecule has 1 aliphatic heterocycles. The zero-order valence-corrected chi connectivity index (χ0v) is 11.5. The van der Waals surface area contributed by atoms with Crippen LogP contribution in [0.2, 0.25) is 0 Å². The molecular weight excluding hydrogens is 274 g/mol. The van der Waals surface area contributed by atoms with Crippen LogP contribution < -0.4 is 5.32 Å². The number of hydrogen-bond acceptors (Lipinski definition) is 2. The lowest BCUT2D eigenvalue weighted by atomic mass is 10.1. The van der Waals surface area contributed by atoms with Crippen molar-refractivity contribution in [2.24, 2.45) is 0 Å². The largest absolute Gasteiger partial charge is 0.340 e. The Hall–Kier alpha value is -1.20. The molecule has 1 aromatic carbocycles. The summed E-state index contributed by atoms with van der Waals surface area (Å²) in [6.07, 6.45) is -0.0870. The van der Waals surface area contributed by atoms with Crippen LogP contribution in [0.3, 0.4) is 0 Å². The van der Waals surface area contributed by atoms with Gasteiger partial charge < -0.3 is 10.2 Å². The van der Waals surface area contributed by atoms with E-state index in [9.17, 15) is 13.6 Å². The third kappa shape index (κ3) is 3.88. The summed E-state index contributed by atoms with van der Waals surface area (Å²) >= 11 is 0. The highest BCUT2D eigenvalue weighted by Crippen LogP contribution is 2.13. The number of carbonyl (C=O) groups is 1. The van der Waals surface area contributed by atoms with Crippen molar-refractivity contribution >= 4 is 18.3 Å². The molecule has 3 nitrogen and oxygen atoms in total. The molecule has 1 atom stereocenters. The summed E-state index contributed by atoms with van der Waals surface area (Å²) in [6, 6.07) is 4.15. The third-order valence-corrected chi connectivity index (χ3v) is 3.09. The van der Waals surface area contributed by atoms with Crippen molar-refractivity contribution in [1.82, 2.24) is 10.2 Å². The van der Waals surface area contributed by atoms with Crippen molar-refractivity contribution in [3.63, 3.8) is 0 Å². The Morgan fingerprint density at radius 1 is 1.47 bits per heavy atom. The Balaban J connectivity index is 0.00000180. The molecule has 19 heavy (non-hydrogen) atoms. The van der Waals surface area contributed by atoms with Gasteiger partial charge in [-0.3, -0.25) is 4.79 Å². The molecule has 0 aliphatic carbocycles. The molecule has 1 aromatic rings. The van der Waals surface area contributed by atoms with Gasteiger partial charge in [0, 0.05) is 31.2 Å². The zero-order valence-electron chi connectivity index (χ0n) is 10.7. The Kier molecular flexibility index (Phi) is 5.69. The first kappa shape index (κ1) is 15.9. The van der Waals surface area contributed by atoms with Gasteiger partial charge in [-0.2, -0.15) is 0 Å². The van der Waals surface area contributed by atoms with Gasteiger partial charge in [0.25, 0.3) is 0 Å². The highest BCUT2D eigenvalue weighted by atomic mass is 35.5. The van der Waals surface area contributed by atoms with Crippen LogP contribution in [0.4, 0.5) is 8.78 Å². The number of nitrogens with one attached hydrogen (secondary N) is 1. The van der Waals surface area contributed by atoms with Gasteiger partial charge in [-0.15, -0.1) is 12.4 Å². The summed E-state index contributed by atoms with van der Waals surface area (Å²) in [6.45, 7) is 3.94. The van der Waals surface area contributed by atoms with Gasteiger partial charge in [0.15, 0.2) is 11.6 Å². The minimum Gasteiger partial charge on any atom is -0.340 e. The number of amides is 1. The smallest absolute Gasteiger partial charge is 0.227 e. The van der Waals surface area contributed by atoms with Gasteiger partial charge in [0.05, 0.1) is 6.42 Å². The highest BCUT2D eigenvalue weighted by Gasteiger charge is 2.21. The molecule has 1 heterocycles. The summed E-state index contributed by atoms with van der Waals surface area (Å²) in [7, 11) is 0. The maximum absolute atomic E-state index is 13.4. The Labute approximate surface area is 117 Å². The van der Waals surface area contributed by atoms with Crippen LogP contribution >= 0.6 is 12.4 Å². The summed E-state index contributed by atoms with van der Waals surface area (Å²) in [5.74, 6) is -1.99. The number of halogens is 3. The first-order valence-corrected chi connectivity index (χ1v) is 6.02. The lowest BCUT2D eigenvalue weighted by Crippen LogP contribution is -2.51. The molecule has 106 valence electrons.